The van der Waals surface area contributed by atoms with Crippen molar-refractivity contribution in [3.05, 3.63) is 16.3 Å². The highest BCUT2D eigenvalue weighted by atomic mass is 32.2. The standard InChI is InChI=1S/C11H16N2O4S2/c1-17-11(14)10-4-8(6-18-10)19(15,16)13-9(5-12)7-2-3-7/h4,6-7,9,13H,2-3,5,12H2,1H3. The lowest BCUT2D eigenvalue weighted by Gasteiger charge is -2.15. The van der Waals surface area contributed by atoms with Crippen LogP contribution in [0.4, 0.5) is 0 Å². The van der Waals surface area contributed by atoms with Crippen LogP contribution in [-0.2, 0) is 14.8 Å². The monoisotopic (exact) mass is 304 g/mol. The molecule has 0 radical (unpaired) electrons. The Morgan fingerprint density at radius 3 is 2.84 bits per heavy atom. The summed E-state index contributed by atoms with van der Waals surface area (Å²) in [6, 6.07) is 1.09. The topological polar surface area (TPSA) is 98.5 Å². The lowest BCUT2D eigenvalue weighted by atomic mass is 10.2. The third-order valence-electron chi connectivity index (χ3n) is 3.02. The van der Waals surface area contributed by atoms with Crippen molar-refractivity contribution in [1.82, 2.24) is 4.72 Å². The molecule has 19 heavy (non-hydrogen) atoms. The summed E-state index contributed by atoms with van der Waals surface area (Å²) < 4.78 is 31.4. The smallest absolute Gasteiger partial charge is 0.348 e. The fourth-order valence-corrected chi connectivity index (χ4v) is 4.28. The Kier molecular flexibility index (Phi) is 4.24. The van der Waals surface area contributed by atoms with Crippen LogP contribution in [0.3, 0.4) is 0 Å². The molecular formula is C11H16N2O4S2. The Hall–Kier alpha value is -0.960. The van der Waals surface area contributed by atoms with E-state index >= 15 is 0 Å². The summed E-state index contributed by atoms with van der Waals surface area (Å²) in [5.74, 6) is -0.206. The molecule has 1 aromatic rings. The highest BCUT2D eigenvalue weighted by molar-refractivity contribution is 7.89. The van der Waals surface area contributed by atoms with Crippen molar-refractivity contribution in [2.24, 2.45) is 11.7 Å². The highest BCUT2D eigenvalue weighted by Gasteiger charge is 2.33. The summed E-state index contributed by atoms with van der Waals surface area (Å²) in [4.78, 5) is 11.6. The Balaban J connectivity index is 2.14. The molecule has 1 unspecified atom stereocenters. The molecule has 1 aliphatic rings. The first-order valence-electron chi connectivity index (χ1n) is 5.87. The van der Waals surface area contributed by atoms with Gasteiger partial charge in [0.05, 0.1) is 12.0 Å². The average Bonchev–Trinajstić information content (AvgIpc) is 3.10. The largest absolute Gasteiger partial charge is 0.465 e. The van der Waals surface area contributed by atoms with Crippen LogP contribution in [0.25, 0.3) is 0 Å². The van der Waals surface area contributed by atoms with E-state index in [-0.39, 0.29) is 22.4 Å². The van der Waals surface area contributed by atoms with E-state index in [1.807, 2.05) is 0 Å². The fourth-order valence-electron chi connectivity index (χ4n) is 1.77. The van der Waals surface area contributed by atoms with Crippen molar-refractivity contribution in [3.63, 3.8) is 0 Å². The SMILES string of the molecule is COC(=O)c1cc(S(=O)(=O)NC(CN)C2CC2)cs1. The summed E-state index contributed by atoms with van der Waals surface area (Å²) in [5, 5.41) is 1.43. The van der Waals surface area contributed by atoms with Gasteiger partial charge in [-0.2, -0.15) is 0 Å². The molecule has 1 atom stereocenters. The van der Waals surface area contributed by atoms with Crippen molar-refractivity contribution < 1.29 is 17.9 Å². The van der Waals surface area contributed by atoms with Gasteiger partial charge in [-0.15, -0.1) is 11.3 Å². The molecule has 0 spiro atoms. The van der Waals surface area contributed by atoms with E-state index < -0.39 is 16.0 Å². The van der Waals surface area contributed by atoms with Crippen molar-refractivity contribution in [1.29, 1.82) is 0 Å². The maximum Gasteiger partial charge on any atom is 0.348 e. The van der Waals surface area contributed by atoms with E-state index in [0.29, 0.717) is 5.92 Å². The van der Waals surface area contributed by atoms with Gasteiger partial charge in [0.15, 0.2) is 0 Å². The van der Waals surface area contributed by atoms with Crippen LogP contribution in [0.1, 0.15) is 22.5 Å². The normalized spacial score (nSPS) is 17.2. The van der Waals surface area contributed by atoms with Gasteiger partial charge in [0.1, 0.15) is 4.88 Å². The molecule has 1 aliphatic carbocycles. The van der Waals surface area contributed by atoms with Crippen LogP contribution < -0.4 is 10.5 Å². The summed E-state index contributed by atoms with van der Waals surface area (Å²) >= 11 is 1.04. The van der Waals surface area contributed by atoms with Crippen LogP contribution in [0.2, 0.25) is 0 Å². The number of ether oxygens (including phenoxy) is 1. The van der Waals surface area contributed by atoms with Crippen molar-refractivity contribution in [3.8, 4) is 0 Å². The molecule has 0 bridgehead atoms. The van der Waals surface area contributed by atoms with E-state index in [1.54, 1.807) is 0 Å². The first kappa shape index (κ1) is 14.4. The number of nitrogens with two attached hydrogens (primary N) is 1. The van der Waals surface area contributed by atoms with Gasteiger partial charge in [-0.3, -0.25) is 0 Å². The summed E-state index contributed by atoms with van der Waals surface area (Å²) in [6.07, 6.45) is 2.00. The van der Waals surface area contributed by atoms with Crippen molar-refractivity contribution in [2.45, 2.75) is 23.8 Å². The maximum atomic E-state index is 12.1. The molecule has 1 heterocycles. The number of carbonyl (C=O) groups is 1. The predicted molar refractivity (Wildman–Crippen MR) is 71.5 cm³/mol. The first-order valence-corrected chi connectivity index (χ1v) is 8.23. The maximum absolute atomic E-state index is 12.1. The third kappa shape index (κ3) is 3.33. The minimum atomic E-state index is -3.62. The van der Waals surface area contributed by atoms with E-state index in [1.165, 1.54) is 18.6 Å². The van der Waals surface area contributed by atoms with Crippen LogP contribution in [0, 0.1) is 5.92 Å². The molecule has 0 saturated heterocycles. The summed E-state index contributed by atoms with van der Waals surface area (Å²) in [6.45, 7) is 0.276. The second-order valence-electron chi connectivity index (χ2n) is 4.44. The lowest BCUT2D eigenvalue weighted by molar-refractivity contribution is 0.0606. The molecule has 0 aliphatic heterocycles. The van der Waals surface area contributed by atoms with Crippen LogP contribution in [0.15, 0.2) is 16.3 Å². The minimum absolute atomic E-state index is 0.0806. The number of rotatable bonds is 6. The number of hydrogen-bond acceptors (Lipinski definition) is 6. The van der Waals surface area contributed by atoms with Gasteiger partial charge in [-0.05, 0) is 24.8 Å². The average molecular weight is 304 g/mol. The van der Waals surface area contributed by atoms with E-state index in [0.717, 1.165) is 24.2 Å². The van der Waals surface area contributed by atoms with Gasteiger partial charge in [-0.1, -0.05) is 0 Å². The van der Waals surface area contributed by atoms with Crippen molar-refractivity contribution >= 4 is 27.3 Å². The molecule has 106 valence electrons. The van der Waals surface area contributed by atoms with E-state index in [2.05, 4.69) is 9.46 Å². The summed E-state index contributed by atoms with van der Waals surface area (Å²) in [5.41, 5.74) is 5.58. The van der Waals surface area contributed by atoms with E-state index in [9.17, 15) is 13.2 Å². The number of nitrogens with one attached hydrogen (secondary N) is 1. The second-order valence-corrected chi connectivity index (χ2v) is 7.06. The van der Waals surface area contributed by atoms with Crippen LogP contribution >= 0.6 is 11.3 Å². The fraction of sp³-hybridized carbons (Fsp3) is 0.545. The van der Waals surface area contributed by atoms with Crippen molar-refractivity contribution in [2.75, 3.05) is 13.7 Å². The molecule has 1 fully saturated rings. The van der Waals surface area contributed by atoms with Gasteiger partial charge in [0, 0.05) is 18.0 Å². The molecule has 0 amide bonds. The van der Waals surface area contributed by atoms with E-state index in [4.69, 9.17) is 5.73 Å². The van der Waals surface area contributed by atoms with Gasteiger partial charge < -0.3 is 10.5 Å². The number of hydrogen-bond donors (Lipinski definition) is 2. The van der Waals surface area contributed by atoms with Gasteiger partial charge in [-0.25, -0.2) is 17.9 Å². The summed E-state index contributed by atoms with van der Waals surface area (Å²) in [7, 11) is -2.37. The van der Waals surface area contributed by atoms with Gasteiger partial charge in [0.25, 0.3) is 0 Å². The number of esters is 1. The van der Waals surface area contributed by atoms with Crippen LogP contribution in [0.5, 0.6) is 0 Å². The number of thiophene rings is 1. The zero-order chi connectivity index (χ0) is 14.0. The Morgan fingerprint density at radius 1 is 1.63 bits per heavy atom. The third-order valence-corrected chi connectivity index (χ3v) is 5.55. The molecule has 0 aromatic carbocycles. The zero-order valence-electron chi connectivity index (χ0n) is 10.5. The quantitative estimate of drug-likeness (QED) is 0.748. The Bertz CT molecular complexity index is 563. The first-order chi connectivity index (χ1) is 8.97. The highest BCUT2D eigenvalue weighted by Crippen LogP contribution is 2.33. The Morgan fingerprint density at radius 2 is 2.32 bits per heavy atom. The second kappa shape index (κ2) is 5.58. The van der Waals surface area contributed by atoms with Crippen LogP contribution in [-0.4, -0.2) is 34.1 Å². The molecule has 6 nitrogen and oxygen atoms in total. The predicted octanol–water partition coefficient (Wildman–Crippen LogP) is 0.550. The molecule has 2 rings (SSSR count). The zero-order valence-corrected chi connectivity index (χ0v) is 12.1. The molecule has 8 heteroatoms. The van der Waals surface area contributed by atoms with Gasteiger partial charge in [0.2, 0.25) is 10.0 Å². The van der Waals surface area contributed by atoms with Gasteiger partial charge >= 0.3 is 5.97 Å². The molecule has 3 N–H and O–H groups in total. The Labute approximate surface area is 116 Å². The molecular weight excluding hydrogens is 288 g/mol. The molecule has 1 saturated carbocycles. The minimum Gasteiger partial charge on any atom is -0.465 e. The number of carbonyl (C=O) groups excluding carboxylic acids is 1. The number of methoxy groups -OCH3 is 1. The number of sulfonamides is 1. The molecule has 1 aromatic heterocycles. The lowest BCUT2D eigenvalue weighted by Crippen LogP contribution is -2.41.